The number of carbonyl (C=O) groups is 1. The summed E-state index contributed by atoms with van der Waals surface area (Å²) in [7, 11) is 3.01. The van der Waals surface area contributed by atoms with Gasteiger partial charge in [0.15, 0.2) is 18.1 Å². The topological polar surface area (TPSA) is 89.4 Å². The number of nitrogens with one attached hydrogen (secondary N) is 1. The van der Waals surface area contributed by atoms with Crippen molar-refractivity contribution in [2.45, 2.75) is 0 Å². The molecule has 0 saturated carbocycles. The average Bonchev–Trinajstić information content (AvgIpc) is 2.61. The molecular formula is C17H16Br2N2O5. The number of carbonyl (C=O) groups excluding carboxylic acids is 1. The SMILES string of the molecule is COc1ccc(C=NNC(=O)COc2c(Br)cc(Br)cc2OC)c(O)c1. The highest BCUT2D eigenvalue weighted by Gasteiger charge is 2.12. The minimum absolute atomic E-state index is 0.0119. The van der Waals surface area contributed by atoms with E-state index in [4.69, 9.17) is 14.2 Å². The molecule has 0 unspecified atom stereocenters. The van der Waals surface area contributed by atoms with Crippen molar-refractivity contribution < 1.29 is 24.1 Å². The predicted octanol–water partition coefficient (Wildman–Crippen LogP) is 3.46. The Bertz CT molecular complexity index is 827. The van der Waals surface area contributed by atoms with Gasteiger partial charge in [-0.25, -0.2) is 5.43 Å². The van der Waals surface area contributed by atoms with Crippen LogP contribution in [0, 0.1) is 0 Å². The molecule has 7 nitrogen and oxygen atoms in total. The smallest absolute Gasteiger partial charge is 0.277 e. The van der Waals surface area contributed by atoms with Crippen LogP contribution in [-0.4, -0.2) is 38.1 Å². The van der Waals surface area contributed by atoms with E-state index in [0.29, 0.717) is 27.3 Å². The van der Waals surface area contributed by atoms with E-state index >= 15 is 0 Å². The minimum Gasteiger partial charge on any atom is -0.507 e. The van der Waals surface area contributed by atoms with Crippen molar-refractivity contribution in [1.82, 2.24) is 5.43 Å². The number of phenolic OH excluding ortho intramolecular Hbond substituents is 1. The maximum Gasteiger partial charge on any atom is 0.277 e. The summed E-state index contributed by atoms with van der Waals surface area (Å²) in [6, 6.07) is 8.24. The first-order chi connectivity index (χ1) is 12.4. The van der Waals surface area contributed by atoms with Crippen LogP contribution in [0.2, 0.25) is 0 Å². The molecule has 2 rings (SSSR count). The van der Waals surface area contributed by atoms with Crippen molar-refractivity contribution in [3.05, 3.63) is 44.8 Å². The van der Waals surface area contributed by atoms with Gasteiger partial charge in [0, 0.05) is 16.1 Å². The second kappa shape index (κ2) is 9.44. The normalized spacial score (nSPS) is 10.6. The molecule has 0 radical (unpaired) electrons. The maximum atomic E-state index is 11.9. The third-order valence-electron chi connectivity index (χ3n) is 3.17. The van der Waals surface area contributed by atoms with E-state index in [9.17, 15) is 9.90 Å². The number of hydrogen-bond acceptors (Lipinski definition) is 6. The maximum absolute atomic E-state index is 11.9. The van der Waals surface area contributed by atoms with Crippen LogP contribution < -0.4 is 19.6 Å². The van der Waals surface area contributed by atoms with Crippen LogP contribution in [0.15, 0.2) is 44.4 Å². The lowest BCUT2D eigenvalue weighted by Crippen LogP contribution is -2.24. The second-order valence-electron chi connectivity index (χ2n) is 4.93. The van der Waals surface area contributed by atoms with Crippen LogP contribution in [0.3, 0.4) is 0 Å². The van der Waals surface area contributed by atoms with E-state index in [1.165, 1.54) is 26.5 Å². The quantitative estimate of drug-likeness (QED) is 0.461. The highest BCUT2D eigenvalue weighted by molar-refractivity contribution is 9.11. The molecule has 0 fully saturated rings. The van der Waals surface area contributed by atoms with Crippen LogP contribution in [0.5, 0.6) is 23.0 Å². The molecule has 0 aromatic heterocycles. The summed E-state index contributed by atoms with van der Waals surface area (Å²) in [6.45, 7) is -0.261. The van der Waals surface area contributed by atoms with Gasteiger partial charge >= 0.3 is 0 Å². The van der Waals surface area contributed by atoms with Gasteiger partial charge in [-0.15, -0.1) is 0 Å². The van der Waals surface area contributed by atoms with Crippen molar-refractivity contribution in [2.75, 3.05) is 20.8 Å². The molecular weight excluding hydrogens is 472 g/mol. The van der Waals surface area contributed by atoms with Crippen LogP contribution in [-0.2, 0) is 4.79 Å². The number of aromatic hydroxyl groups is 1. The molecule has 1 amide bonds. The first-order valence-corrected chi connectivity index (χ1v) is 8.88. The second-order valence-corrected chi connectivity index (χ2v) is 6.70. The van der Waals surface area contributed by atoms with E-state index in [2.05, 4.69) is 42.4 Å². The molecule has 0 spiro atoms. The fraction of sp³-hybridized carbons (Fsp3) is 0.176. The summed E-state index contributed by atoms with van der Waals surface area (Å²) in [6.07, 6.45) is 1.32. The fourth-order valence-corrected chi connectivity index (χ4v) is 3.23. The van der Waals surface area contributed by atoms with Crippen LogP contribution in [0.25, 0.3) is 0 Å². The average molecular weight is 488 g/mol. The number of methoxy groups -OCH3 is 2. The Morgan fingerprint density at radius 1 is 1.23 bits per heavy atom. The molecule has 2 N–H and O–H groups in total. The van der Waals surface area contributed by atoms with Crippen LogP contribution in [0.4, 0.5) is 0 Å². The molecule has 0 heterocycles. The number of ether oxygens (including phenoxy) is 3. The molecule has 9 heteroatoms. The molecule has 0 saturated heterocycles. The number of halogens is 2. The van der Waals surface area contributed by atoms with Crippen molar-refractivity contribution in [3.63, 3.8) is 0 Å². The van der Waals surface area contributed by atoms with Crippen molar-refractivity contribution in [3.8, 4) is 23.0 Å². The van der Waals surface area contributed by atoms with Gasteiger partial charge in [-0.3, -0.25) is 4.79 Å². The van der Waals surface area contributed by atoms with Gasteiger partial charge < -0.3 is 19.3 Å². The number of amides is 1. The first-order valence-electron chi connectivity index (χ1n) is 7.29. The zero-order valence-electron chi connectivity index (χ0n) is 14.0. The molecule has 0 atom stereocenters. The zero-order valence-corrected chi connectivity index (χ0v) is 17.1. The number of hydrazone groups is 1. The third kappa shape index (κ3) is 5.37. The molecule has 0 bridgehead atoms. The summed E-state index contributed by atoms with van der Waals surface area (Å²) in [5.74, 6) is 0.924. The Kier molecular flexibility index (Phi) is 7.28. The van der Waals surface area contributed by atoms with Gasteiger partial charge in [-0.1, -0.05) is 15.9 Å². The Balaban J connectivity index is 1.94. The largest absolute Gasteiger partial charge is 0.507 e. The Labute approximate surface area is 167 Å². The number of rotatable bonds is 7. The van der Waals surface area contributed by atoms with Crippen molar-refractivity contribution in [1.29, 1.82) is 0 Å². The van der Waals surface area contributed by atoms with Gasteiger partial charge in [-0.2, -0.15) is 5.10 Å². The van der Waals surface area contributed by atoms with Crippen molar-refractivity contribution in [2.24, 2.45) is 5.10 Å². The molecule has 2 aromatic carbocycles. The standard InChI is InChI=1S/C17H16Br2N2O5/c1-24-12-4-3-10(14(22)7-12)8-20-21-16(23)9-26-17-13(19)5-11(18)6-15(17)25-2/h3-8,22H,9H2,1-2H3,(H,21,23). The van der Waals surface area contributed by atoms with E-state index < -0.39 is 5.91 Å². The molecule has 0 aliphatic carbocycles. The lowest BCUT2D eigenvalue weighted by Gasteiger charge is -2.12. The molecule has 26 heavy (non-hydrogen) atoms. The van der Waals surface area contributed by atoms with Gasteiger partial charge in [0.2, 0.25) is 0 Å². The Morgan fingerprint density at radius 3 is 2.65 bits per heavy atom. The summed E-state index contributed by atoms with van der Waals surface area (Å²) < 4.78 is 17.2. The van der Waals surface area contributed by atoms with Gasteiger partial charge in [-0.05, 0) is 40.2 Å². The summed E-state index contributed by atoms with van der Waals surface area (Å²) >= 11 is 6.70. The summed E-state index contributed by atoms with van der Waals surface area (Å²) in [5.41, 5.74) is 2.76. The highest BCUT2D eigenvalue weighted by Crippen LogP contribution is 2.38. The summed E-state index contributed by atoms with van der Waals surface area (Å²) in [4.78, 5) is 11.9. The Morgan fingerprint density at radius 2 is 2.00 bits per heavy atom. The molecule has 0 aliphatic heterocycles. The van der Waals surface area contributed by atoms with E-state index in [1.807, 2.05) is 0 Å². The number of phenols is 1. The fourth-order valence-electron chi connectivity index (χ4n) is 1.93. The van der Waals surface area contributed by atoms with Crippen LogP contribution >= 0.6 is 31.9 Å². The van der Waals surface area contributed by atoms with Crippen LogP contribution in [0.1, 0.15) is 5.56 Å². The van der Waals surface area contributed by atoms with E-state index in [1.54, 1.807) is 24.3 Å². The summed E-state index contributed by atoms with van der Waals surface area (Å²) in [5, 5.41) is 13.6. The molecule has 0 aliphatic rings. The van der Waals surface area contributed by atoms with Crippen molar-refractivity contribution >= 4 is 44.0 Å². The number of nitrogens with zero attached hydrogens (tertiary/aromatic N) is 1. The number of hydrogen-bond donors (Lipinski definition) is 2. The first kappa shape index (κ1) is 20.1. The Hall–Kier alpha value is -2.26. The third-order valence-corrected chi connectivity index (χ3v) is 4.22. The highest BCUT2D eigenvalue weighted by atomic mass is 79.9. The molecule has 138 valence electrons. The molecule has 2 aromatic rings. The zero-order chi connectivity index (χ0) is 19.1. The van der Waals surface area contributed by atoms with E-state index in [0.717, 1.165) is 4.47 Å². The number of benzene rings is 2. The van der Waals surface area contributed by atoms with Gasteiger partial charge in [0.1, 0.15) is 11.5 Å². The lowest BCUT2D eigenvalue weighted by molar-refractivity contribution is -0.123. The predicted molar refractivity (Wildman–Crippen MR) is 104 cm³/mol. The van der Waals surface area contributed by atoms with E-state index in [-0.39, 0.29) is 12.4 Å². The van der Waals surface area contributed by atoms with Gasteiger partial charge in [0.25, 0.3) is 5.91 Å². The minimum atomic E-state index is -0.467. The monoisotopic (exact) mass is 486 g/mol. The lowest BCUT2D eigenvalue weighted by atomic mass is 10.2. The van der Waals surface area contributed by atoms with Gasteiger partial charge in [0.05, 0.1) is 24.9 Å².